The van der Waals surface area contributed by atoms with Gasteiger partial charge in [-0.3, -0.25) is 4.79 Å². The summed E-state index contributed by atoms with van der Waals surface area (Å²) in [5.41, 5.74) is 0.926. The minimum Gasteiger partial charge on any atom is -0.355 e. The molecule has 1 rings (SSSR count). The van der Waals surface area contributed by atoms with Crippen molar-refractivity contribution >= 4 is 15.7 Å². The minimum absolute atomic E-state index is 0.232. The molecule has 6 heteroatoms. The summed E-state index contributed by atoms with van der Waals surface area (Å²) >= 11 is 0. The predicted octanol–water partition coefficient (Wildman–Crippen LogP) is 1.39. The van der Waals surface area contributed by atoms with Crippen LogP contribution >= 0.6 is 0 Å². The number of amides is 1. The molecule has 1 N–H and O–H groups in total. The Morgan fingerprint density at radius 3 is 2.80 bits per heavy atom. The number of nitrogens with zero attached hydrogens (tertiary/aromatic N) is 1. The highest BCUT2D eigenvalue weighted by atomic mass is 32.2. The Kier molecular flexibility index (Phi) is 6.19. The zero-order chi connectivity index (χ0) is 15.0. The number of hydrogen-bond acceptors (Lipinski definition) is 4. The molecular formula is C14H18N2O3S. The lowest BCUT2D eigenvalue weighted by atomic mass is 10.2. The highest BCUT2D eigenvalue weighted by Gasteiger charge is 2.17. The van der Waals surface area contributed by atoms with Gasteiger partial charge in [0.1, 0.15) is 5.75 Å². The molecule has 5 nitrogen and oxygen atoms in total. The van der Waals surface area contributed by atoms with Crippen molar-refractivity contribution in [1.29, 1.82) is 5.26 Å². The highest BCUT2D eigenvalue weighted by Crippen LogP contribution is 2.09. The zero-order valence-corrected chi connectivity index (χ0v) is 12.2. The maximum Gasteiger partial charge on any atom is 0.235 e. The fraction of sp³-hybridized carbons (Fsp3) is 0.429. The Hall–Kier alpha value is -1.87. The summed E-state index contributed by atoms with van der Waals surface area (Å²) < 4.78 is 23.8. The van der Waals surface area contributed by atoms with Crippen LogP contribution in [-0.2, 0) is 20.4 Å². The second-order valence-corrected chi connectivity index (χ2v) is 6.61. The van der Waals surface area contributed by atoms with Crippen LogP contribution in [0.1, 0.15) is 30.9 Å². The largest absolute Gasteiger partial charge is 0.355 e. The predicted molar refractivity (Wildman–Crippen MR) is 76.6 cm³/mol. The monoisotopic (exact) mass is 294 g/mol. The van der Waals surface area contributed by atoms with Gasteiger partial charge in [0.2, 0.25) is 5.91 Å². The maximum absolute atomic E-state index is 11.9. The zero-order valence-electron chi connectivity index (χ0n) is 11.4. The second kappa shape index (κ2) is 7.65. The van der Waals surface area contributed by atoms with E-state index in [2.05, 4.69) is 5.32 Å². The maximum atomic E-state index is 11.9. The molecule has 0 unspecified atom stereocenters. The average molecular weight is 294 g/mol. The molecule has 0 aliphatic carbocycles. The van der Waals surface area contributed by atoms with E-state index < -0.39 is 21.5 Å². The van der Waals surface area contributed by atoms with Crippen molar-refractivity contribution in [2.24, 2.45) is 0 Å². The Balaban J connectivity index is 2.61. The van der Waals surface area contributed by atoms with E-state index in [0.29, 0.717) is 17.7 Å². The van der Waals surface area contributed by atoms with E-state index in [1.54, 1.807) is 18.2 Å². The Morgan fingerprint density at radius 2 is 2.15 bits per heavy atom. The molecule has 0 radical (unpaired) electrons. The van der Waals surface area contributed by atoms with Gasteiger partial charge in [0.15, 0.2) is 9.84 Å². The van der Waals surface area contributed by atoms with Crippen LogP contribution in [-0.4, -0.2) is 26.6 Å². The molecule has 0 aromatic heterocycles. The number of nitriles is 1. The first-order valence-corrected chi connectivity index (χ1v) is 8.25. The van der Waals surface area contributed by atoms with Crippen molar-refractivity contribution in [3.63, 3.8) is 0 Å². The summed E-state index contributed by atoms with van der Waals surface area (Å²) in [5.74, 6) is -1.23. The standard InChI is InChI=1S/C14H18N2O3S/c1-2-3-7-16-14(17)11-20(18,19)10-13-6-4-5-12(8-13)9-15/h4-6,8H,2-3,7,10-11H2,1H3,(H,16,17). The summed E-state index contributed by atoms with van der Waals surface area (Å²) in [6, 6.07) is 8.34. The first kappa shape index (κ1) is 16.2. The molecule has 0 spiro atoms. The highest BCUT2D eigenvalue weighted by molar-refractivity contribution is 7.91. The van der Waals surface area contributed by atoms with Crippen LogP contribution in [0.5, 0.6) is 0 Å². The topological polar surface area (TPSA) is 87.0 Å². The van der Waals surface area contributed by atoms with E-state index in [1.807, 2.05) is 13.0 Å². The van der Waals surface area contributed by atoms with Crippen LogP contribution in [0.2, 0.25) is 0 Å². The van der Waals surface area contributed by atoms with Crippen LogP contribution in [0, 0.1) is 11.3 Å². The SMILES string of the molecule is CCCCNC(=O)CS(=O)(=O)Cc1cccc(C#N)c1. The van der Waals surface area contributed by atoms with E-state index in [9.17, 15) is 13.2 Å². The van der Waals surface area contributed by atoms with Crippen molar-refractivity contribution in [2.45, 2.75) is 25.5 Å². The van der Waals surface area contributed by atoms with Crippen molar-refractivity contribution < 1.29 is 13.2 Å². The summed E-state index contributed by atoms with van der Waals surface area (Å²) in [7, 11) is -3.52. The lowest BCUT2D eigenvalue weighted by Crippen LogP contribution is -2.31. The molecule has 0 aliphatic rings. The molecule has 1 aromatic rings. The summed E-state index contributed by atoms with van der Waals surface area (Å²) in [6.07, 6.45) is 1.77. The quantitative estimate of drug-likeness (QED) is 0.770. The lowest BCUT2D eigenvalue weighted by Gasteiger charge is -2.06. The summed E-state index contributed by atoms with van der Waals surface area (Å²) in [4.78, 5) is 11.5. The number of carbonyl (C=O) groups is 1. The summed E-state index contributed by atoms with van der Waals surface area (Å²) in [6.45, 7) is 2.49. The molecule has 0 atom stereocenters. The van der Waals surface area contributed by atoms with Crippen LogP contribution in [0.4, 0.5) is 0 Å². The van der Waals surface area contributed by atoms with Gasteiger partial charge in [0.05, 0.1) is 17.4 Å². The molecule has 1 aromatic carbocycles. The molecule has 0 aliphatic heterocycles. The molecule has 108 valence electrons. The van der Waals surface area contributed by atoms with Crippen molar-refractivity contribution in [3.8, 4) is 6.07 Å². The van der Waals surface area contributed by atoms with Crippen molar-refractivity contribution in [3.05, 3.63) is 35.4 Å². The first-order chi connectivity index (χ1) is 9.46. The number of nitrogens with one attached hydrogen (secondary N) is 1. The van der Waals surface area contributed by atoms with Crippen molar-refractivity contribution in [2.75, 3.05) is 12.3 Å². The number of rotatable bonds is 7. The fourth-order valence-corrected chi connectivity index (χ4v) is 2.98. The number of unbranched alkanes of at least 4 members (excludes halogenated alkanes) is 1. The van der Waals surface area contributed by atoms with Gasteiger partial charge in [-0.1, -0.05) is 25.5 Å². The third-order valence-corrected chi connectivity index (χ3v) is 4.12. The fourth-order valence-electron chi connectivity index (χ4n) is 1.69. The Morgan fingerprint density at radius 1 is 1.40 bits per heavy atom. The molecular weight excluding hydrogens is 276 g/mol. The molecule has 0 bridgehead atoms. The minimum atomic E-state index is -3.52. The molecule has 20 heavy (non-hydrogen) atoms. The molecule has 0 saturated heterocycles. The van der Waals surface area contributed by atoms with E-state index >= 15 is 0 Å². The van der Waals surface area contributed by atoms with Gasteiger partial charge < -0.3 is 5.32 Å². The molecule has 0 saturated carbocycles. The van der Waals surface area contributed by atoms with Gasteiger partial charge in [-0.2, -0.15) is 5.26 Å². The van der Waals surface area contributed by atoms with Crippen molar-refractivity contribution in [1.82, 2.24) is 5.32 Å². The Bertz CT molecular complexity index is 603. The lowest BCUT2D eigenvalue weighted by molar-refractivity contribution is -0.118. The third kappa shape index (κ3) is 5.85. The summed E-state index contributed by atoms with van der Waals surface area (Å²) in [5, 5.41) is 11.3. The van der Waals surface area contributed by atoms with Crippen LogP contribution in [0.25, 0.3) is 0 Å². The van der Waals surface area contributed by atoms with E-state index in [-0.39, 0.29) is 5.75 Å². The number of sulfone groups is 1. The van der Waals surface area contributed by atoms with E-state index in [1.165, 1.54) is 6.07 Å². The average Bonchev–Trinajstić information content (AvgIpc) is 2.38. The van der Waals surface area contributed by atoms with Gasteiger partial charge >= 0.3 is 0 Å². The van der Waals surface area contributed by atoms with Gasteiger partial charge in [0.25, 0.3) is 0 Å². The van der Waals surface area contributed by atoms with Gasteiger partial charge in [-0.25, -0.2) is 8.42 Å². The van der Waals surface area contributed by atoms with Gasteiger partial charge in [0, 0.05) is 6.54 Å². The van der Waals surface area contributed by atoms with Gasteiger partial charge in [-0.15, -0.1) is 0 Å². The molecule has 1 amide bonds. The van der Waals surface area contributed by atoms with Gasteiger partial charge in [-0.05, 0) is 24.1 Å². The van der Waals surface area contributed by atoms with Crippen LogP contribution < -0.4 is 5.32 Å². The smallest absolute Gasteiger partial charge is 0.235 e. The Labute approximate surface area is 119 Å². The number of hydrogen-bond donors (Lipinski definition) is 1. The molecule has 0 heterocycles. The number of benzene rings is 1. The van der Waals surface area contributed by atoms with E-state index in [0.717, 1.165) is 12.8 Å². The van der Waals surface area contributed by atoms with Crippen LogP contribution in [0.3, 0.4) is 0 Å². The second-order valence-electron chi connectivity index (χ2n) is 4.55. The third-order valence-electron chi connectivity index (χ3n) is 2.65. The van der Waals surface area contributed by atoms with E-state index in [4.69, 9.17) is 5.26 Å². The van der Waals surface area contributed by atoms with Crippen LogP contribution in [0.15, 0.2) is 24.3 Å². The normalized spacial score (nSPS) is 10.8. The first-order valence-electron chi connectivity index (χ1n) is 6.43. The number of carbonyl (C=O) groups excluding carboxylic acids is 1. The molecule has 0 fully saturated rings.